The summed E-state index contributed by atoms with van der Waals surface area (Å²) in [4.78, 5) is 53.6. The van der Waals surface area contributed by atoms with E-state index in [1.54, 1.807) is 19.2 Å². The molecule has 330 valence electrons. The molecule has 0 bridgehead atoms. The van der Waals surface area contributed by atoms with Crippen LogP contribution in [0.4, 0.5) is 10.1 Å². The smallest absolute Gasteiger partial charge is 0.265 e. The van der Waals surface area contributed by atoms with Crippen LogP contribution in [-0.2, 0) is 29.1 Å². The van der Waals surface area contributed by atoms with Crippen molar-refractivity contribution >= 4 is 55.7 Å². The second kappa shape index (κ2) is 17.2. The molecule has 62 heavy (non-hydrogen) atoms. The third kappa shape index (κ3) is 8.50. The van der Waals surface area contributed by atoms with E-state index in [9.17, 15) is 27.2 Å². The first-order valence-corrected chi connectivity index (χ1v) is 23.6. The zero-order chi connectivity index (χ0) is 44.0. The molecule has 5 atom stereocenters. The summed E-state index contributed by atoms with van der Waals surface area (Å²) in [5, 5.41) is 9.67. The first-order chi connectivity index (χ1) is 29.7. The number of ether oxygens (including phenoxy) is 3. The number of allylic oxidation sites excluding steroid dienone is 1. The van der Waals surface area contributed by atoms with Crippen molar-refractivity contribution in [1.29, 1.82) is 0 Å². The van der Waals surface area contributed by atoms with Crippen LogP contribution < -0.4 is 24.8 Å². The van der Waals surface area contributed by atoms with E-state index in [0.717, 1.165) is 24.1 Å². The van der Waals surface area contributed by atoms with Crippen molar-refractivity contribution in [2.24, 2.45) is 5.92 Å². The van der Waals surface area contributed by atoms with Gasteiger partial charge in [0.15, 0.2) is 4.93 Å². The third-order valence-corrected chi connectivity index (χ3v) is 15.5. The first-order valence-electron chi connectivity index (χ1n) is 21.2. The molecule has 2 saturated carbocycles. The fraction of sp³-hybridized carbons (Fsp3) is 0.489. The summed E-state index contributed by atoms with van der Waals surface area (Å²) in [6.45, 7) is 6.09. The van der Waals surface area contributed by atoms with Crippen molar-refractivity contribution in [3.05, 3.63) is 77.1 Å². The molecule has 17 heteroatoms. The predicted molar refractivity (Wildman–Crippen MR) is 234 cm³/mol. The van der Waals surface area contributed by atoms with Crippen LogP contribution in [0.25, 0.3) is 21.6 Å². The lowest BCUT2D eigenvalue weighted by molar-refractivity contribution is -0.140. The highest BCUT2D eigenvalue weighted by Gasteiger charge is 2.64. The molecule has 0 radical (unpaired) electrons. The quantitative estimate of drug-likeness (QED) is 0.136. The molecular formula is C45H53FN6O8S2. The zero-order valence-electron chi connectivity index (χ0n) is 35.5. The van der Waals surface area contributed by atoms with Gasteiger partial charge in [-0.2, -0.15) is 0 Å². The number of aromatic nitrogens is 2. The maximum atomic E-state index is 14.9. The minimum absolute atomic E-state index is 0.0226. The van der Waals surface area contributed by atoms with Gasteiger partial charge in [-0.05, 0) is 87.8 Å². The van der Waals surface area contributed by atoms with Gasteiger partial charge in [-0.1, -0.05) is 38.8 Å². The zero-order valence-corrected chi connectivity index (χ0v) is 37.2. The van der Waals surface area contributed by atoms with Crippen LogP contribution in [0, 0.1) is 18.7 Å². The van der Waals surface area contributed by atoms with E-state index >= 15 is 0 Å². The average Bonchev–Trinajstić information content (AvgIpc) is 4.07. The lowest BCUT2D eigenvalue weighted by atomic mass is 10.0. The van der Waals surface area contributed by atoms with Gasteiger partial charge >= 0.3 is 0 Å². The first kappa shape index (κ1) is 43.5. The van der Waals surface area contributed by atoms with E-state index in [1.165, 1.54) is 35.5 Å². The van der Waals surface area contributed by atoms with Crippen molar-refractivity contribution in [1.82, 2.24) is 24.9 Å². The van der Waals surface area contributed by atoms with Crippen molar-refractivity contribution in [3.63, 3.8) is 0 Å². The van der Waals surface area contributed by atoms with Gasteiger partial charge in [-0.15, -0.1) is 11.3 Å². The Labute approximate surface area is 365 Å². The highest BCUT2D eigenvalue weighted by Crippen LogP contribution is 2.48. The van der Waals surface area contributed by atoms with Gasteiger partial charge < -0.3 is 29.7 Å². The number of methoxy groups -OCH3 is 2. The number of aryl methyl sites for hydroxylation is 1. The Morgan fingerprint density at radius 3 is 2.52 bits per heavy atom. The maximum absolute atomic E-state index is 14.9. The molecule has 2 aliphatic carbocycles. The topological polar surface area (TPSA) is 178 Å². The Balaban J connectivity index is 1.15. The van der Waals surface area contributed by atoms with Crippen LogP contribution in [-0.4, -0.2) is 90.4 Å². The van der Waals surface area contributed by atoms with Gasteiger partial charge in [-0.3, -0.25) is 14.4 Å². The number of halogens is 1. The number of nitrogens with one attached hydrogen (secondary N) is 3. The summed E-state index contributed by atoms with van der Waals surface area (Å²) in [7, 11) is -1.34. The summed E-state index contributed by atoms with van der Waals surface area (Å²) < 4.78 is 60.7. The van der Waals surface area contributed by atoms with E-state index < -0.39 is 62.2 Å². The number of hydrogen-bond donors (Lipinski definition) is 3. The van der Waals surface area contributed by atoms with Crippen LogP contribution in [0.15, 0.2) is 60.0 Å². The Morgan fingerprint density at radius 2 is 1.82 bits per heavy atom. The van der Waals surface area contributed by atoms with Crippen molar-refractivity contribution in [3.8, 4) is 22.2 Å². The fourth-order valence-corrected chi connectivity index (χ4v) is 11.0. The molecule has 0 unspecified atom stereocenters. The molecule has 1 saturated heterocycles. The van der Waals surface area contributed by atoms with E-state index in [1.807, 2.05) is 42.7 Å². The molecule has 2 aromatic carbocycles. The monoisotopic (exact) mass is 888 g/mol. The normalized spacial score (nSPS) is 25.0. The Hall–Kier alpha value is -5.13. The van der Waals surface area contributed by atoms with Crippen molar-refractivity contribution in [2.45, 2.75) is 113 Å². The minimum atomic E-state index is -4.23. The molecule has 3 fully saturated rings. The van der Waals surface area contributed by atoms with Crippen LogP contribution >= 0.6 is 11.3 Å². The van der Waals surface area contributed by atoms with Crippen LogP contribution in [0.1, 0.15) is 88.8 Å². The summed E-state index contributed by atoms with van der Waals surface area (Å²) >= 11 is 1.48. The molecule has 3 N–H and O–H groups in total. The van der Waals surface area contributed by atoms with Gasteiger partial charge in [0.25, 0.3) is 15.9 Å². The van der Waals surface area contributed by atoms with E-state index in [-0.39, 0.29) is 44.1 Å². The Bertz CT molecular complexity index is 2510. The van der Waals surface area contributed by atoms with Gasteiger partial charge in [0.05, 0.1) is 24.9 Å². The van der Waals surface area contributed by atoms with Gasteiger partial charge in [0, 0.05) is 47.5 Å². The number of rotatable bonds is 11. The van der Waals surface area contributed by atoms with Crippen molar-refractivity contribution in [2.75, 3.05) is 26.1 Å². The van der Waals surface area contributed by atoms with E-state index in [2.05, 4.69) is 29.2 Å². The number of thiazole rings is 1. The number of pyridine rings is 1. The van der Waals surface area contributed by atoms with Gasteiger partial charge in [0.2, 0.25) is 11.8 Å². The summed E-state index contributed by atoms with van der Waals surface area (Å²) in [5.74, 6) is -1.36. The molecule has 2 aliphatic heterocycles. The molecule has 4 aliphatic rings. The fourth-order valence-electron chi connectivity index (χ4n) is 8.56. The standard InChI is InChI=1S/C45H53FN6O8S2/c1-26(2)35-25-61-41(49-35)34-22-38(32-17-18-37(58-4)27(3)39(32)48-34)60-31-21-36-40(53)50-45(43(55)51-62(56,57)44(59-5)19-20-44)23-28(45)11-9-7-6-8-10-12-33(42(54)52(36)24-31)47-30-15-13-29(46)14-16-30/h9,11,13-18,22,25-26,28,31,33,36,47H,6-8,10,12,19-21,23-24H2,1-5H3,(H,50,53)(H,51,55)/t28-,31-,33+,36+,45-/m1/s1. The molecule has 3 amide bonds. The summed E-state index contributed by atoms with van der Waals surface area (Å²) in [5.41, 5.74) is 1.97. The van der Waals surface area contributed by atoms with Gasteiger partial charge in [0.1, 0.15) is 51.7 Å². The number of nitrogens with zero attached hydrogens (tertiary/aromatic N) is 3. The number of fused-ring (bicyclic) bond motifs is 3. The number of anilines is 1. The number of carbonyl (C=O) groups is 3. The maximum Gasteiger partial charge on any atom is 0.265 e. The second-order valence-corrected chi connectivity index (χ2v) is 19.9. The predicted octanol–water partition coefficient (Wildman–Crippen LogP) is 6.74. The van der Waals surface area contributed by atoms with E-state index in [4.69, 9.17) is 24.2 Å². The SMILES string of the molecule is COc1ccc2c(O[C@@H]3C[C@H]4C(=O)N[C@]5(C(=O)NS(=O)(=O)C6(OC)CC6)C[C@H]5C=CCCCCC[C@H](Nc5ccc(F)cc5)C(=O)N4C3)cc(-c3nc(C(C)C)cs3)nc2c1C. The lowest BCUT2D eigenvalue weighted by Gasteiger charge is -2.30. The number of hydrogen-bond acceptors (Lipinski definition) is 12. The highest BCUT2D eigenvalue weighted by atomic mass is 32.2. The van der Waals surface area contributed by atoms with Crippen molar-refractivity contribution < 1.29 is 41.4 Å². The third-order valence-electron chi connectivity index (χ3n) is 12.6. The molecule has 0 spiro atoms. The minimum Gasteiger partial charge on any atom is -0.496 e. The number of sulfonamides is 1. The largest absolute Gasteiger partial charge is 0.496 e. The van der Waals surface area contributed by atoms with Gasteiger partial charge in [-0.25, -0.2) is 27.5 Å². The number of benzene rings is 2. The molecule has 2 aromatic heterocycles. The van der Waals surface area contributed by atoms with Crippen LogP contribution in [0.5, 0.6) is 11.5 Å². The Kier molecular flexibility index (Phi) is 12.1. The molecule has 8 rings (SSSR count). The summed E-state index contributed by atoms with van der Waals surface area (Å²) in [6, 6.07) is 9.44. The number of amides is 3. The Morgan fingerprint density at radius 1 is 1.05 bits per heavy atom. The molecule has 4 heterocycles. The highest BCUT2D eigenvalue weighted by molar-refractivity contribution is 7.91. The molecule has 14 nitrogen and oxygen atoms in total. The summed E-state index contributed by atoms with van der Waals surface area (Å²) in [6.07, 6.45) is 7.31. The van der Waals surface area contributed by atoms with E-state index in [0.29, 0.717) is 58.1 Å². The lowest BCUT2D eigenvalue weighted by Crippen LogP contribution is -2.58. The van der Waals surface area contributed by atoms with Crippen LogP contribution in [0.3, 0.4) is 0 Å². The average molecular weight is 889 g/mol. The van der Waals surface area contributed by atoms with Crippen LogP contribution in [0.2, 0.25) is 0 Å². The molecule has 4 aromatic rings. The second-order valence-electron chi connectivity index (χ2n) is 17.1. The number of carbonyl (C=O) groups excluding carboxylic acids is 3. The molecular weight excluding hydrogens is 836 g/mol.